The Bertz CT molecular complexity index is 2140. The van der Waals surface area contributed by atoms with Gasteiger partial charge in [-0.1, -0.05) is 67.6 Å². The van der Waals surface area contributed by atoms with E-state index in [0.717, 1.165) is 16.7 Å². The summed E-state index contributed by atoms with van der Waals surface area (Å²) in [7, 11) is 2.98. The van der Waals surface area contributed by atoms with E-state index in [0.29, 0.717) is 16.4 Å². The summed E-state index contributed by atoms with van der Waals surface area (Å²) in [6.07, 6.45) is -1.67. The van der Waals surface area contributed by atoms with Crippen molar-refractivity contribution in [2.75, 3.05) is 19.4 Å². The molecular weight excluding hydrogens is 660 g/mol. The van der Waals surface area contributed by atoms with Gasteiger partial charge in [0.2, 0.25) is 5.78 Å². The summed E-state index contributed by atoms with van der Waals surface area (Å²) in [5, 5.41) is 63.1. The number of hydrogen-bond acceptors (Lipinski definition) is 12. The molecule has 1 heterocycles. The summed E-state index contributed by atoms with van der Waals surface area (Å²) in [4.78, 5) is 46.1. The number of fused-ring (bicyclic) bond motifs is 3. The van der Waals surface area contributed by atoms with Crippen LogP contribution in [0.2, 0.25) is 0 Å². The predicted octanol–water partition coefficient (Wildman–Crippen LogP) is 4.19. The molecule has 12 nitrogen and oxygen atoms in total. The summed E-state index contributed by atoms with van der Waals surface area (Å²) in [6.45, 7) is 1.68. The van der Waals surface area contributed by atoms with Crippen LogP contribution in [-0.2, 0) is 9.59 Å². The van der Waals surface area contributed by atoms with E-state index in [1.54, 1.807) is 19.1 Å². The molecule has 0 radical (unpaired) electrons. The van der Waals surface area contributed by atoms with Gasteiger partial charge in [0.15, 0.2) is 22.3 Å². The van der Waals surface area contributed by atoms with Crippen molar-refractivity contribution < 1.29 is 39.9 Å². The zero-order valence-corrected chi connectivity index (χ0v) is 28.0. The van der Waals surface area contributed by atoms with Gasteiger partial charge in [-0.3, -0.25) is 19.3 Å². The SMILES string of the molecule is C[C@H]1c2ccc(Nc3nc(-c4ccc(-c5ccccc5)cc4)cs3)c(O)c2C(=O)C2=C(O)[C@]3(O)C(=O)C(C(N)=O)=C(O)[C@@H](N(C)C)[C@@H]3[C@@H](O)[C@@H]21. The van der Waals surface area contributed by atoms with Crippen LogP contribution in [0.25, 0.3) is 22.4 Å². The second-order valence-electron chi connectivity index (χ2n) is 13.1. The minimum atomic E-state index is -2.98. The molecule has 256 valence electrons. The third-order valence-electron chi connectivity index (χ3n) is 10.2. The lowest BCUT2D eigenvalue weighted by Gasteiger charge is -2.53. The molecule has 1 amide bonds. The van der Waals surface area contributed by atoms with Crippen molar-refractivity contribution in [3.8, 4) is 28.1 Å². The summed E-state index contributed by atoms with van der Waals surface area (Å²) in [5.41, 5.74) is 5.04. The molecule has 1 aromatic heterocycles. The highest BCUT2D eigenvalue weighted by atomic mass is 32.1. The summed E-state index contributed by atoms with van der Waals surface area (Å²) in [6, 6.07) is 19.8. The zero-order valence-electron chi connectivity index (χ0n) is 27.2. The second-order valence-corrected chi connectivity index (χ2v) is 13.9. The number of likely N-dealkylation sites (N-methyl/N-ethyl adjacent to an activating group) is 1. The molecule has 3 aliphatic rings. The highest BCUT2D eigenvalue weighted by Crippen LogP contribution is 2.56. The molecule has 0 unspecified atom stereocenters. The number of nitrogens with one attached hydrogen (secondary N) is 1. The van der Waals surface area contributed by atoms with E-state index in [1.807, 2.05) is 60.0 Å². The Balaban J connectivity index is 1.24. The number of carbonyl (C=O) groups excluding carboxylic acids is 3. The number of carbonyl (C=O) groups is 3. The molecule has 3 aromatic carbocycles. The number of hydrogen-bond donors (Lipinski definition) is 7. The Labute approximate surface area is 290 Å². The number of benzene rings is 3. The minimum Gasteiger partial charge on any atom is -0.510 e. The molecule has 0 saturated carbocycles. The third kappa shape index (κ3) is 4.76. The maximum absolute atomic E-state index is 14.2. The first-order valence-corrected chi connectivity index (χ1v) is 16.7. The van der Waals surface area contributed by atoms with Crippen LogP contribution in [0, 0.1) is 11.8 Å². The Hall–Kier alpha value is -5.34. The lowest BCUT2D eigenvalue weighted by Crippen LogP contribution is -2.68. The molecule has 50 heavy (non-hydrogen) atoms. The fourth-order valence-corrected chi connectivity index (χ4v) is 8.50. The van der Waals surface area contributed by atoms with Crippen LogP contribution in [0.15, 0.2) is 94.8 Å². The summed E-state index contributed by atoms with van der Waals surface area (Å²) >= 11 is 1.29. The average Bonchev–Trinajstić information content (AvgIpc) is 3.56. The summed E-state index contributed by atoms with van der Waals surface area (Å²) in [5.74, 6) is -9.42. The van der Waals surface area contributed by atoms with E-state index in [2.05, 4.69) is 10.3 Å². The number of nitrogens with zero attached hydrogens (tertiary/aromatic N) is 2. The first-order chi connectivity index (χ1) is 23.8. The van der Waals surface area contributed by atoms with Gasteiger partial charge >= 0.3 is 0 Å². The minimum absolute atomic E-state index is 0.140. The van der Waals surface area contributed by atoms with Crippen LogP contribution in [-0.4, -0.2) is 84.7 Å². The van der Waals surface area contributed by atoms with Gasteiger partial charge in [0.25, 0.3) is 5.91 Å². The normalized spacial score (nSPS) is 26.1. The monoisotopic (exact) mass is 694 g/mol. The number of thiazole rings is 1. The lowest BCUT2D eigenvalue weighted by atomic mass is 9.55. The number of ketones is 2. The largest absolute Gasteiger partial charge is 0.510 e. The number of nitrogens with two attached hydrogens (primary N) is 1. The van der Waals surface area contributed by atoms with E-state index in [1.165, 1.54) is 30.3 Å². The first kappa shape index (κ1) is 33.2. The number of aliphatic hydroxyl groups excluding tert-OH is 3. The molecule has 0 spiro atoms. The number of aromatic hydroxyl groups is 1. The van der Waals surface area contributed by atoms with Crippen LogP contribution in [0.1, 0.15) is 28.8 Å². The van der Waals surface area contributed by atoms with Gasteiger partial charge in [-0.05, 0) is 42.8 Å². The number of phenols is 1. The second kappa shape index (κ2) is 11.9. The highest BCUT2D eigenvalue weighted by molar-refractivity contribution is 7.14. The molecular formula is C37H34N4O8S. The maximum Gasteiger partial charge on any atom is 0.255 e. The molecule has 0 aliphatic heterocycles. The smallest absolute Gasteiger partial charge is 0.255 e. The molecule has 6 atom stereocenters. The predicted molar refractivity (Wildman–Crippen MR) is 186 cm³/mol. The number of aromatic nitrogens is 1. The number of amides is 1. The van der Waals surface area contributed by atoms with Gasteiger partial charge in [-0.15, -0.1) is 11.3 Å². The van der Waals surface area contributed by atoms with E-state index in [4.69, 9.17) is 5.73 Å². The Morgan fingerprint density at radius 3 is 2.24 bits per heavy atom. The quantitative estimate of drug-likeness (QED) is 0.113. The molecule has 8 N–H and O–H groups in total. The highest BCUT2D eigenvalue weighted by Gasteiger charge is 2.67. The topological polar surface area (TPSA) is 207 Å². The van der Waals surface area contributed by atoms with E-state index in [-0.39, 0.29) is 11.3 Å². The van der Waals surface area contributed by atoms with Crippen molar-refractivity contribution in [2.24, 2.45) is 17.6 Å². The molecule has 13 heteroatoms. The van der Waals surface area contributed by atoms with E-state index < -0.39 is 81.4 Å². The summed E-state index contributed by atoms with van der Waals surface area (Å²) < 4.78 is 0. The standard InChI is InChI=1S/C37H34N4O8S/c1-16-20-13-14-21(39-36-40-22(15-50-36)19-11-9-18(10-12-19)17-7-5-4-6-8-17)29(42)24(20)30(43)25-23(16)31(44)27-28(41(2)3)32(45)26(35(38)48)34(47)37(27,49)33(25)46/h4-16,23,27-28,31,42,44-46,49H,1-3H3,(H2,38,48)(H,39,40)/t16-,23+,27+,28-,31-,37-/m0/s1. The van der Waals surface area contributed by atoms with Crippen LogP contribution >= 0.6 is 11.3 Å². The lowest BCUT2D eigenvalue weighted by molar-refractivity contribution is -0.162. The zero-order chi connectivity index (χ0) is 35.8. The molecule has 0 bridgehead atoms. The first-order valence-electron chi connectivity index (χ1n) is 15.8. The average molecular weight is 695 g/mol. The van der Waals surface area contributed by atoms with Crippen LogP contribution in [0.4, 0.5) is 10.8 Å². The fraction of sp³-hybridized carbons (Fsp3) is 0.243. The van der Waals surface area contributed by atoms with Crippen LogP contribution in [0.3, 0.4) is 0 Å². The Morgan fingerprint density at radius 1 is 0.960 bits per heavy atom. The van der Waals surface area contributed by atoms with E-state index >= 15 is 0 Å². The fourth-order valence-electron chi connectivity index (χ4n) is 7.77. The van der Waals surface area contributed by atoms with Crippen molar-refractivity contribution in [3.63, 3.8) is 0 Å². The van der Waals surface area contributed by atoms with Gasteiger partial charge in [0.1, 0.15) is 17.1 Å². The number of phenolic OH excluding ortho intramolecular Hbond substituents is 1. The van der Waals surface area contributed by atoms with Gasteiger partial charge in [-0.2, -0.15) is 0 Å². The third-order valence-corrected chi connectivity index (χ3v) is 10.9. The van der Waals surface area contributed by atoms with Crippen molar-refractivity contribution in [1.82, 2.24) is 9.88 Å². The molecule has 3 aliphatic carbocycles. The molecule has 0 saturated heterocycles. The molecule has 4 aromatic rings. The number of aliphatic hydroxyl groups is 4. The molecule has 0 fully saturated rings. The van der Waals surface area contributed by atoms with Gasteiger partial charge < -0.3 is 36.6 Å². The number of anilines is 2. The van der Waals surface area contributed by atoms with E-state index in [9.17, 15) is 39.9 Å². The van der Waals surface area contributed by atoms with Crippen LogP contribution in [0.5, 0.6) is 5.75 Å². The Morgan fingerprint density at radius 2 is 1.60 bits per heavy atom. The van der Waals surface area contributed by atoms with Crippen molar-refractivity contribution in [3.05, 3.63) is 106 Å². The van der Waals surface area contributed by atoms with Crippen molar-refractivity contribution in [2.45, 2.75) is 30.6 Å². The van der Waals surface area contributed by atoms with Gasteiger partial charge in [0.05, 0.1) is 35.0 Å². The molecule has 7 rings (SSSR count). The maximum atomic E-state index is 14.2. The number of Topliss-reactive ketones (excluding diaryl/α,β-unsaturated/α-hetero) is 2. The van der Waals surface area contributed by atoms with Gasteiger partial charge in [-0.25, -0.2) is 4.98 Å². The number of primary amides is 1. The number of rotatable bonds is 6. The van der Waals surface area contributed by atoms with Gasteiger partial charge in [0, 0.05) is 22.4 Å². The van der Waals surface area contributed by atoms with Crippen molar-refractivity contribution >= 4 is 39.6 Å². The Kier molecular flexibility index (Phi) is 7.90. The van der Waals surface area contributed by atoms with Crippen LogP contribution < -0.4 is 11.1 Å². The van der Waals surface area contributed by atoms with Crippen molar-refractivity contribution in [1.29, 1.82) is 0 Å².